The summed E-state index contributed by atoms with van der Waals surface area (Å²) in [7, 11) is -3.39. The Hall–Kier alpha value is -2.00. The van der Waals surface area contributed by atoms with E-state index in [2.05, 4.69) is 9.71 Å². The minimum Gasteiger partial charge on any atom is -0.341 e. The van der Waals surface area contributed by atoms with Crippen LogP contribution in [-0.2, 0) is 14.8 Å². The monoisotopic (exact) mass is 394 g/mol. The van der Waals surface area contributed by atoms with Crippen molar-refractivity contribution in [3.8, 4) is 0 Å². The van der Waals surface area contributed by atoms with Crippen LogP contribution in [0.5, 0.6) is 0 Å². The number of carbonyl (C=O) groups excluding carboxylic acids is 2. The van der Waals surface area contributed by atoms with Crippen LogP contribution in [0.25, 0.3) is 0 Å². The molecular formula is C18H26N4O4S. The van der Waals surface area contributed by atoms with Gasteiger partial charge >= 0.3 is 0 Å². The summed E-state index contributed by atoms with van der Waals surface area (Å²) in [6, 6.07) is 3.69. The first kappa shape index (κ1) is 19.8. The third-order valence-corrected chi connectivity index (χ3v) is 5.77. The average Bonchev–Trinajstić information content (AvgIpc) is 3.20. The van der Waals surface area contributed by atoms with E-state index < -0.39 is 10.0 Å². The molecule has 0 bridgehead atoms. The number of likely N-dealkylation sites (tertiary alicyclic amines) is 2. The Morgan fingerprint density at radius 1 is 1.15 bits per heavy atom. The molecule has 0 aromatic carbocycles. The second-order valence-corrected chi connectivity index (χ2v) is 9.08. The number of nitrogens with one attached hydrogen (secondary N) is 1. The molecule has 0 spiro atoms. The normalized spacial score (nSPS) is 20.7. The van der Waals surface area contributed by atoms with Crippen LogP contribution in [0.3, 0.4) is 0 Å². The fraction of sp³-hybridized carbons (Fsp3) is 0.611. The highest BCUT2D eigenvalue weighted by atomic mass is 32.2. The topological polar surface area (TPSA) is 99.7 Å². The van der Waals surface area contributed by atoms with E-state index in [1.54, 1.807) is 11.1 Å². The number of nitrogens with zero attached hydrogens (tertiary/aromatic N) is 3. The second-order valence-electron chi connectivity index (χ2n) is 7.24. The van der Waals surface area contributed by atoms with Crippen LogP contribution in [0.4, 0.5) is 0 Å². The van der Waals surface area contributed by atoms with Crippen molar-refractivity contribution in [2.45, 2.75) is 31.6 Å². The van der Waals surface area contributed by atoms with Crippen LogP contribution in [0, 0.1) is 0 Å². The van der Waals surface area contributed by atoms with Gasteiger partial charge in [0, 0.05) is 44.0 Å². The molecule has 3 heterocycles. The Morgan fingerprint density at radius 2 is 1.85 bits per heavy atom. The summed E-state index contributed by atoms with van der Waals surface area (Å²) >= 11 is 0. The van der Waals surface area contributed by atoms with Gasteiger partial charge in [0.1, 0.15) is 0 Å². The molecule has 2 amide bonds. The van der Waals surface area contributed by atoms with Crippen molar-refractivity contribution in [2.24, 2.45) is 0 Å². The van der Waals surface area contributed by atoms with Gasteiger partial charge in [0.05, 0.1) is 18.4 Å². The molecular weight excluding hydrogens is 368 g/mol. The number of sulfonamides is 1. The summed E-state index contributed by atoms with van der Waals surface area (Å²) in [5.41, 5.74) is 1.46. The molecule has 8 nitrogen and oxygen atoms in total. The van der Waals surface area contributed by atoms with Gasteiger partial charge in [-0.15, -0.1) is 0 Å². The quantitative estimate of drug-likeness (QED) is 0.787. The van der Waals surface area contributed by atoms with E-state index in [9.17, 15) is 18.0 Å². The highest BCUT2D eigenvalue weighted by Crippen LogP contribution is 2.26. The van der Waals surface area contributed by atoms with Crippen LogP contribution in [0.15, 0.2) is 18.3 Å². The maximum absolute atomic E-state index is 12.4. The SMILES string of the molecule is CS(=O)(=O)NCC(=O)N1CCC[C@H](c2ccc(C(=O)N3CCCC3)cn2)C1. The largest absolute Gasteiger partial charge is 0.341 e. The zero-order valence-corrected chi connectivity index (χ0v) is 16.4. The van der Waals surface area contributed by atoms with Gasteiger partial charge in [0.25, 0.3) is 5.91 Å². The lowest BCUT2D eigenvalue weighted by molar-refractivity contribution is -0.131. The number of rotatable bonds is 5. The number of piperidine rings is 1. The summed E-state index contributed by atoms with van der Waals surface area (Å²) in [5.74, 6) is -0.110. The van der Waals surface area contributed by atoms with Gasteiger partial charge in [0.15, 0.2) is 0 Å². The summed E-state index contributed by atoms with van der Waals surface area (Å²) < 4.78 is 24.6. The molecule has 148 valence electrons. The van der Waals surface area contributed by atoms with Crippen molar-refractivity contribution in [1.82, 2.24) is 19.5 Å². The molecule has 2 aliphatic rings. The highest BCUT2D eigenvalue weighted by Gasteiger charge is 2.26. The van der Waals surface area contributed by atoms with Crippen molar-refractivity contribution in [1.29, 1.82) is 0 Å². The van der Waals surface area contributed by atoms with E-state index in [1.165, 1.54) is 0 Å². The molecule has 0 unspecified atom stereocenters. The van der Waals surface area contributed by atoms with E-state index in [0.717, 1.165) is 50.7 Å². The lowest BCUT2D eigenvalue weighted by Crippen LogP contribution is -2.44. The Balaban J connectivity index is 1.60. The Bertz CT molecular complexity index is 788. The van der Waals surface area contributed by atoms with Gasteiger partial charge in [-0.25, -0.2) is 13.1 Å². The number of carbonyl (C=O) groups is 2. The van der Waals surface area contributed by atoms with Crippen molar-refractivity contribution < 1.29 is 18.0 Å². The molecule has 9 heteroatoms. The van der Waals surface area contributed by atoms with Crippen molar-refractivity contribution in [3.05, 3.63) is 29.6 Å². The number of hydrogen-bond acceptors (Lipinski definition) is 5. The lowest BCUT2D eigenvalue weighted by Gasteiger charge is -2.32. The zero-order chi connectivity index (χ0) is 19.4. The first-order valence-electron chi connectivity index (χ1n) is 9.31. The van der Waals surface area contributed by atoms with E-state index in [1.807, 2.05) is 17.0 Å². The lowest BCUT2D eigenvalue weighted by atomic mass is 9.94. The van der Waals surface area contributed by atoms with Gasteiger partial charge in [-0.3, -0.25) is 14.6 Å². The fourth-order valence-corrected chi connectivity index (χ4v) is 4.01. The molecule has 2 saturated heterocycles. The van der Waals surface area contributed by atoms with Gasteiger partial charge in [-0.1, -0.05) is 0 Å². The number of pyridine rings is 1. The van der Waals surface area contributed by atoms with E-state index in [0.29, 0.717) is 18.7 Å². The molecule has 2 fully saturated rings. The van der Waals surface area contributed by atoms with Crippen LogP contribution in [0.2, 0.25) is 0 Å². The second kappa shape index (κ2) is 8.35. The number of aromatic nitrogens is 1. The van der Waals surface area contributed by atoms with Crippen molar-refractivity contribution in [3.63, 3.8) is 0 Å². The summed E-state index contributed by atoms with van der Waals surface area (Å²) in [6.07, 6.45) is 6.52. The Kier molecular flexibility index (Phi) is 6.11. The smallest absolute Gasteiger partial charge is 0.255 e. The predicted octanol–water partition coefficient (Wildman–Crippen LogP) is 0.573. The molecule has 2 aliphatic heterocycles. The molecule has 0 aliphatic carbocycles. The minimum atomic E-state index is -3.39. The van der Waals surface area contributed by atoms with Gasteiger partial charge < -0.3 is 9.80 Å². The summed E-state index contributed by atoms with van der Waals surface area (Å²) in [5, 5.41) is 0. The first-order chi connectivity index (χ1) is 12.8. The molecule has 0 saturated carbocycles. The molecule has 1 atom stereocenters. The first-order valence-corrected chi connectivity index (χ1v) is 11.2. The fourth-order valence-electron chi connectivity index (χ4n) is 3.63. The Morgan fingerprint density at radius 3 is 2.48 bits per heavy atom. The average molecular weight is 394 g/mol. The van der Waals surface area contributed by atoms with Crippen molar-refractivity contribution >= 4 is 21.8 Å². The van der Waals surface area contributed by atoms with E-state index in [-0.39, 0.29) is 24.3 Å². The van der Waals surface area contributed by atoms with Crippen molar-refractivity contribution in [2.75, 3.05) is 39.0 Å². The van der Waals surface area contributed by atoms with Gasteiger partial charge in [0.2, 0.25) is 15.9 Å². The summed E-state index contributed by atoms with van der Waals surface area (Å²) in [4.78, 5) is 32.7. The van der Waals surface area contributed by atoms with Gasteiger partial charge in [-0.2, -0.15) is 0 Å². The molecule has 3 rings (SSSR count). The molecule has 1 aromatic heterocycles. The maximum atomic E-state index is 12.4. The van der Waals surface area contributed by atoms with Crippen LogP contribution >= 0.6 is 0 Å². The van der Waals surface area contributed by atoms with E-state index >= 15 is 0 Å². The third-order valence-electron chi connectivity index (χ3n) is 5.10. The van der Waals surface area contributed by atoms with Crippen LogP contribution in [-0.4, -0.2) is 74.0 Å². The van der Waals surface area contributed by atoms with Crippen LogP contribution < -0.4 is 4.72 Å². The van der Waals surface area contributed by atoms with E-state index in [4.69, 9.17) is 0 Å². The third kappa shape index (κ3) is 5.26. The maximum Gasteiger partial charge on any atom is 0.255 e. The highest BCUT2D eigenvalue weighted by molar-refractivity contribution is 7.88. The number of amides is 2. The predicted molar refractivity (Wildman–Crippen MR) is 101 cm³/mol. The zero-order valence-electron chi connectivity index (χ0n) is 15.6. The Labute approximate surface area is 160 Å². The van der Waals surface area contributed by atoms with Gasteiger partial charge in [-0.05, 0) is 37.8 Å². The number of hydrogen-bond donors (Lipinski definition) is 1. The molecule has 1 N–H and O–H groups in total. The molecule has 0 radical (unpaired) electrons. The molecule has 27 heavy (non-hydrogen) atoms. The summed E-state index contributed by atoms with van der Waals surface area (Å²) in [6.45, 7) is 2.52. The minimum absolute atomic E-state index is 0.0267. The van der Waals surface area contributed by atoms with Crippen LogP contribution in [0.1, 0.15) is 47.7 Å². The molecule has 1 aromatic rings. The standard InChI is InChI=1S/C18H26N4O4S/c1-27(25,26)20-12-17(23)22-10-4-5-15(13-22)16-7-6-14(11-19-16)18(24)21-8-2-3-9-21/h6-7,11,15,20H,2-5,8-10,12-13H2,1H3/t15-/m0/s1.